The zero-order valence-corrected chi connectivity index (χ0v) is 14.7. The number of phenols is 1. The number of aromatic hydroxyl groups is 1. The lowest BCUT2D eigenvalue weighted by molar-refractivity contribution is -0.123. The van der Waals surface area contributed by atoms with Crippen LogP contribution in [0.4, 0.5) is 0 Å². The zero-order chi connectivity index (χ0) is 17.6. The van der Waals surface area contributed by atoms with Crippen molar-refractivity contribution in [2.45, 2.75) is 6.54 Å². The van der Waals surface area contributed by atoms with Crippen molar-refractivity contribution in [3.8, 4) is 22.8 Å². The number of nitrogens with zero attached hydrogens (tertiary/aromatic N) is 1. The number of carbonyl (C=O) groups is 1. The van der Waals surface area contributed by atoms with E-state index >= 15 is 0 Å². The van der Waals surface area contributed by atoms with Gasteiger partial charge >= 0.3 is 0 Å². The van der Waals surface area contributed by atoms with Crippen LogP contribution < -0.4 is 10.1 Å². The first-order chi connectivity index (χ1) is 12.1. The summed E-state index contributed by atoms with van der Waals surface area (Å²) >= 11 is 7.26. The lowest BCUT2D eigenvalue weighted by atomic mass is 10.2. The van der Waals surface area contributed by atoms with Gasteiger partial charge in [-0.2, -0.15) is 0 Å². The molecule has 0 aliphatic rings. The molecule has 0 fully saturated rings. The molecule has 0 unspecified atom stereocenters. The highest BCUT2D eigenvalue weighted by atomic mass is 35.5. The molecule has 0 aliphatic carbocycles. The van der Waals surface area contributed by atoms with E-state index in [2.05, 4.69) is 10.3 Å². The Bertz CT molecular complexity index is 848. The quantitative estimate of drug-likeness (QED) is 0.687. The number of rotatable bonds is 6. The average molecular weight is 375 g/mol. The number of benzene rings is 2. The number of hydrogen-bond acceptors (Lipinski definition) is 5. The van der Waals surface area contributed by atoms with Gasteiger partial charge in [0.15, 0.2) is 6.61 Å². The van der Waals surface area contributed by atoms with Crippen LogP contribution in [0.2, 0.25) is 5.02 Å². The van der Waals surface area contributed by atoms with E-state index in [0.29, 0.717) is 17.3 Å². The van der Waals surface area contributed by atoms with Crippen molar-refractivity contribution in [2.75, 3.05) is 6.61 Å². The van der Waals surface area contributed by atoms with Crippen LogP contribution in [0.1, 0.15) is 5.01 Å². The maximum atomic E-state index is 11.9. The Morgan fingerprint density at radius 1 is 1.16 bits per heavy atom. The van der Waals surface area contributed by atoms with Crippen LogP contribution in [0, 0.1) is 0 Å². The van der Waals surface area contributed by atoms with Gasteiger partial charge in [0.05, 0.1) is 12.2 Å². The van der Waals surface area contributed by atoms with Gasteiger partial charge in [0.1, 0.15) is 16.5 Å². The van der Waals surface area contributed by atoms with E-state index in [-0.39, 0.29) is 18.3 Å². The Morgan fingerprint density at radius 2 is 1.88 bits per heavy atom. The van der Waals surface area contributed by atoms with Gasteiger partial charge in [-0.1, -0.05) is 11.6 Å². The van der Waals surface area contributed by atoms with Crippen LogP contribution in [0.3, 0.4) is 0 Å². The third kappa shape index (κ3) is 4.95. The molecule has 5 nitrogen and oxygen atoms in total. The van der Waals surface area contributed by atoms with Gasteiger partial charge in [-0.25, -0.2) is 4.98 Å². The van der Waals surface area contributed by atoms with Crippen LogP contribution in [0.15, 0.2) is 53.9 Å². The van der Waals surface area contributed by atoms with E-state index in [4.69, 9.17) is 16.3 Å². The second kappa shape index (κ2) is 8.00. The Morgan fingerprint density at radius 3 is 2.60 bits per heavy atom. The third-order valence-electron chi connectivity index (χ3n) is 3.34. The van der Waals surface area contributed by atoms with Crippen LogP contribution >= 0.6 is 22.9 Å². The van der Waals surface area contributed by atoms with Gasteiger partial charge in [0, 0.05) is 16.0 Å². The zero-order valence-electron chi connectivity index (χ0n) is 13.1. The summed E-state index contributed by atoms with van der Waals surface area (Å²) in [6, 6.07) is 13.7. The van der Waals surface area contributed by atoms with Crippen LogP contribution in [0.5, 0.6) is 11.5 Å². The van der Waals surface area contributed by atoms with Gasteiger partial charge in [-0.15, -0.1) is 11.3 Å². The van der Waals surface area contributed by atoms with Gasteiger partial charge in [0.25, 0.3) is 5.91 Å². The Kier molecular flexibility index (Phi) is 5.53. The highest BCUT2D eigenvalue weighted by Crippen LogP contribution is 2.23. The van der Waals surface area contributed by atoms with Gasteiger partial charge in [-0.3, -0.25) is 4.79 Å². The number of ether oxygens (including phenoxy) is 1. The second-order valence-corrected chi connectivity index (χ2v) is 6.57. The van der Waals surface area contributed by atoms with Gasteiger partial charge < -0.3 is 15.2 Å². The predicted molar refractivity (Wildman–Crippen MR) is 98.0 cm³/mol. The first-order valence-electron chi connectivity index (χ1n) is 7.49. The fourth-order valence-electron chi connectivity index (χ4n) is 2.06. The Balaban J connectivity index is 1.49. The molecule has 0 radical (unpaired) electrons. The third-order valence-corrected chi connectivity index (χ3v) is 4.44. The fourth-order valence-corrected chi connectivity index (χ4v) is 2.93. The summed E-state index contributed by atoms with van der Waals surface area (Å²) < 4.78 is 5.39. The van der Waals surface area contributed by atoms with Crippen molar-refractivity contribution in [1.29, 1.82) is 0 Å². The fraction of sp³-hybridized carbons (Fsp3) is 0.111. The van der Waals surface area contributed by atoms with Crippen molar-refractivity contribution in [3.05, 3.63) is 63.9 Å². The molecule has 0 saturated carbocycles. The van der Waals surface area contributed by atoms with E-state index in [9.17, 15) is 9.90 Å². The van der Waals surface area contributed by atoms with Crippen molar-refractivity contribution >= 4 is 28.8 Å². The standard InChI is InChI=1S/C18H15ClN2O3S/c19-13-3-7-15(8-4-13)24-10-17(23)20-9-18-21-16(11-25-18)12-1-5-14(22)6-2-12/h1-8,11,22H,9-10H2,(H,20,23). The molecule has 0 spiro atoms. The number of hydrogen-bond donors (Lipinski definition) is 2. The lowest BCUT2D eigenvalue weighted by Crippen LogP contribution is -2.28. The molecule has 1 amide bonds. The highest BCUT2D eigenvalue weighted by molar-refractivity contribution is 7.09. The summed E-state index contributed by atoms with van der Waals surface area (Å²) in [6.07, 6.45) is 0. The van der Waals surface area contributed by atoms with Crippen LogP contribution in [-0.2, 0) is 11.3 Å². The minimum atomic E-state index is -0.226. The second-order valence-electron chi connectivity index (χ2n) is 5.19. The molecule has 25 heavy (non-hydrogen) atoms. The van der Waals surface area contributed by atoms with Gasteiger partial charge in [-0.05, 0) is 48.5 Å². The number of carbonyl (C=O) groups excluding carboxylic acids is 1. The molecule has 0 atom stereocenters. The summed E-state index contributed by atoms with van der Waals surface area (Å²) in [5.41, 5.74) is 1.73. The minimum absolute atomic E-state index is 0.0716. The predicted octanol–water partition coefficient (Wildman–Crippen LogP) is 3.86. The number of amides is 1. The smallest absolute Gasteiger partial charge is 0.258 e. The first-order valence-corrected chi connectivity index (χ1v) is 8.75. The molecular formula is C18H15ClN2O3S. The Hall–Kier alpha value is -2.57. The van der Waals surface area contributed by atoms with E-state index in [0.717, 1.165) is 16.3 Å². The molecule has 0 bridgehead atoms. The van der Waals surface area contributed by atoms with Crippen molar-refractivity contribution < 1.29 is 14.6 Å². The van der Waals surface area contributed by atoms with E-state index in [1.807, 2.05) is 5.38 Å². The maximum Gasteiger partial charge on any atom is 0.258 e. The summed E-state index contributed by atoms with van der Waals surface area (Å²) in [7, 11) is 0. The Labute approximate surface area is 153 Å². The molecule has 3 rings (SSSR count). The SMILES string of the molecule is O=C(COc1ccc(Cl)cc1)NCc1nc(-c2ccc(O)cc2)cs1. The normalized spacial score (nSPS) is 10.4. The molecule has 1 heterocycles. The number of halogens is 1. The van der Waals surface area contributed by atoms with Crippen LogP contribution in [0.25, 0.3) is 11.3 Å². The van der Waals surface area contributed by atoms with Gasteiger partial charge in [0.2, 0.25) is 0 Å². The summed E-state index contributed by atoms with van der Waals surface area (Å²) in [5, 5.41) is 15.4. The molecule has 2 N–H and O–H groups in total. The molecule has 0 saturated heterocycles. The number of phenolic OH excluding ortho intramolecular Hbond substituents is 1. The van der Waals surface area contributed by atoms with E-state index in [1.54, 1.807) is 48.5 Å². The molecule has 128 valence electrons. The number of nitrogens with one attached hydrogen (secondary N) is 1. The average Bonchev–Trinajstić information content (AvgIpc) is 3.09. The highest BCUT2D eigenvalue weighted by Gasteiger charge is 2.07. The minimum Gasteiger partial charge on any atom is -0.508 e. The topological polar surface area (TPSA) is 71.5 Å². The lowest BCUT2D eigenvalue weighted by Gasteiger charge is -2.06. The molecule has 2 aromatic carbocycles. The molecule has 1 aromatic heterocycles. The maximum absolute atomic E-state index is 11.9. The van der Waals surface area contributed by atoms with E-state index in [1.165, 1.54) is 11.3 Å². The molecule has 3 aromatic rings. The number of thiazole rings is 1. The molecule has 7 heteroatoms. The summed E-state index contributed by atoms with van der Waals surface area (Å²) in [5.74, 6) is 0.576. The number of aromatic nitrogens is 1. The summed E-state index contributed by atoms with van der Waals surface area (Å²) in [6.45, 7) is 0.267. The summed E-state index contributed by atoms with van der Waals surface area (Å²) in [4.78, 5) is 16.3. The monoisotopic (exact) mass is 374 g/mol. The van der Waals surface area contributed by atoms with E-state index < -0.39 is 0 Å². The van der Waals surface area contributed by atoms with Crippen LogP contribution in [-0.4, -0.2) is 22.6 Å². The first kappa shape index (κ1) is 17.3. The van der Waals surface area contributed by atoms with Crippen molar-refractivity contribution in [1.82, 2.24) is 10.3 Å². The molecule has 0 aliphatic heterocycles. The largest absolute Gasteiger partial charge is 0.508 e. The molecular weight excluding hydrogens is 360 g/mol. The van der Waals surface area contributed by atoms with Crippen molar-refractivity contribution in [2.24, 2.45) is 0 Å². The van der Waals surface area contributed by atoms with Crippen molar-refractivity contribution in [3.63, 3.8) is 0 Å².